The lowest BCUT2D eigenvalue weighted by molar-refractivity contribution is 0.720. The predicted octanol–water partition coefficient (Wildman–Crippen LogP) is 2.92. The Kier molecular flexibility index (Phi) is 4.68. The number of unbranched alkanes of at least 4 members (excludes halogenated alkanes) is 1. The molecule has 0 fully saturated rings. The van der Waals surface area contributed by atoms with Crippen LogP contribution in [0.15, 0.2) is 24.3 Å². The first-order valence-electron chi connectivity index (χ1n) is 5.56. The molecule has 0 saturated heterocycles. The number of rotatable bonds is 5. The SMILES string of the molecule is CCCCc1ccccc1CC(C)N. The van der Waals surface area contributed by atoms with Gasteiger partial charge < -0.3 is 5.73 Å². The van der Waals surface area contributed by atoms with Crippen LogP contribution in [0.25, 0.3) is 0 Å². The van der Waals surface area contributed by atoms with Crippen molar-refractivity contribution in [1.82, 2.24) is 0 Å². The number of hydrogen-bond donors (Lipinski definition) is 1. The maximum Gasteiger partial charge on any atom is 0.00510 e. The Morgan fingerprint density at radius 2 is 1.86 bits per heavy atom. The largest absolute Gasteiger partial charge is 0.328 e. The van der Waals surface area contributed by atoms with Crippen molar-refractivity contribution < 1.29 is 0 Å². The number of nitrogens with two attached hydrogens (primary N) is 1. The molecule has 1 atom stereocenters. The van der Waals surface area contributed by atoms with Gasteiger partial charge in [-0.1, -0.05) is 37.6 Å². The van der Waals surface area contributed by atoms with E-state index in [1.165, 1.54) is 30.4 Å². The molecule has 0 aliphatic heterocycles. The van der Waals surface area contributed by atoms with Crippen molar-refractivity contribution in [3.63, 3.8) is 0 Å². The molecule has 0 amide bonds. The molecule has 0 aromatic heterocycles. The van der Waals surface area contributed by atoms with Crippen LogP contribution in [-0.4, -0.2) is 6.04 Å². The minimum atomic E-state index is 0.262. The van der Waals surface area contributed by atoms with Crippen LogP contribution in [0.3, 0.4) is 0 Å². The van der Waals surface area contributed by atoms with Gasteiger partial charge >= 0.3 is 0 Å². The van der Waals surface area contributed by atoms with Gasteiger partial charge in [-0.2, -0.15) is 0 Å². The van der Waals surface area contributed by atoms with Crippen LogP contribution in [-0.2, 0) is 12.8 Å². The normalized spacial score (nSPS) is 12.8. The van der Waals surface area contributed by atoms with Gasteiger partial charge in [-0.15, -0.1) is 0 Å². The summed E-state index contributed by atoms with van der Waals surface area (Å²) in [4.78, 5) is 0. The van der Waals surface area contributed by atoms with E-state index in [1.54, 1.807) is 0 Å². The average Bonchev–Trinajstić information content (AvgIpc) is 2.16. The Morgan fingerprint density at radius 1 is 1.21 bits per heavy atom. The van der Waals surface area contributed by atoms with E-state index < -0.39 is 0 Å². The highest BCUT2D eigenvalue weighted by molar-refractivity contribution is 5.27. The molecule has 0 radical (unpaired) electrons. The third kappa shape index (κ3) is 3.51. The fraction of sp³-hybridized carbons (Fsp3) is 0.538. The molecule has 1 nitrogen and oxygen atoms in total. The van der Waals surface area contributed by atoms with Crippen LogP contribution in [0.5, 0.6) is 0 Å². The molecule has 1 aromatic rings. The van der Waals surface area contributed by atoms with E-state index in [4.69, 9.17) is 5.73 Å². The van der Waals surface area contributed by atoms with Crippen LogP contribution in [0, 0.1) is 0 Å². The molecule has 0 heterocycles. The third-order valence-corrected chi connectivity index (χ3v) is 2.46. The van der Waals surface area contributed by atoms with Gasteiger partial charge in [0.05, 0.1) is 0 Å². The van der Waals surface area contributed by atoms with Crippen LogP contribution in [0.2, 0.25) is 0 Å². The van der Waals surface area contributed by atoms with Crippen molar-refractivity contribution in [3.8, 4) is 0 Å². The van der Waals surface area contributed by atoms with Gasteiger partial charge in [-0.3, -0.25) is 0 Å². The van der Waals surface area contributed by atoms with E-state index >= 15 is 0 Å². The molecule has 0 aliphatic carbocycles. The van der Waals surface area contributed by atoms with Gasteiger partial charge in [-0.05, 0) is 37.3 Å². The highest BCUT2D eigenvalue weighted by Crippen LogP contribution is 2.13. The Bertz CT molecular complexity index is 266. The molecular weight excluding hydrogens is 170 g/mol. The molecule has 1 rings (SSSR count). The molecule has 2 N–H and O–H groups in total. The van der Waals surface area contributed by atoms with Crippen LogP contribution in [0.1, 0.15) is 37.8 Å². The summed E-state index contributed by atoms with van der Waals surface area (Å²) in [6.45, 7) is 4.30. The van der Waals surface area contributed by atoms with Crippen molar-refractivity contribution in [2.75, 3.05) is 0 Å². The second-order valence-corrected chi connectivity index (χ2v) is 4.05. The van der Waals surface area contributed by atoms with Crippen molar-refractivity contribution in [2.24, 2.45) is 5.73 Å². The Morgan fingerprint density at radius 3 is 2.43 bits per heavy atom. The van der Waals surface area contributed by atoms with Crippen LogP contribution in [0.4, 0.5) is 0 Å². The van der Waals surface area contributed by atoms with Gasteiger partial charge in [0.15, 0.2) is 0 Å². The molecule has 0 bridgehead atoms. The zero-order valence-corrected chi connectivity index (χ0v) is 9.29. The van der Waals surface area contributed by atoms with Gasteiger partial charge in [-0.25, -0.2) is 0 Å². The first kappa shape index (κ1) is 11.3. The van der Waals surface area contributed by atoms with Gasteiger partial charge in [0.25, 0.3) is 0 Å². The maximum atomic E-state index is 5.82. The number of hydrogen-bond acceptors (Lipinski definition) is 1. The highest BCUT2D eigenvalue weighted by Gasteiger charge is 2.03. The fourth-order valence-electron chi connectivity index (χ4n) is 1.71. The summed E-state index contributed by atoms with van der Waals surface area (Å²) in [7, 11) is 0. The quantitative estimate of drug-likeness (QED) is 0.761. The van der Waals surface area contributed by atoms with Gasteiger partial charge in [0.2, 0.25) is 0 Å². The summed E-state index contributed by atoms with van der Waals surface area (Å²) in [5.41, 5.74) is 8.73. The van der Waals surface area contributed by atoms with Crippen LogP contribution >= 0.6 is 0 Å². The van der Waals surface area contributed by atoms with E-state index in [0.717, 1.165) is 6.42 Å². The van der Waals surface area contributed by atoms with Gasteiger partial charge in [0, 0.05) is 6.04 Å². The second-order valence-electron chi connectivity index (χ2n) is 4.05. The Labute approximate surface area is 87.3 Å². The monoisotopic (exact) mass is 191 g/mol. The van der Waals surface area contributed by atoms with E-state index in [2.05, 4.69) is 38.1 Å². The topological polar surface area (TPSA) is 26.0 Å². The molecule has 1 unspecified atom stereocenters. The molecule has 78 valence electrons. The summed E-state index contributed by atoms with van der Waals surface area (Å²) < 4.78 is 0. The molecule has 1 heteroatoms. The predicted molar refractivity (Wildman–Crippen MR) is 62.4 cm³/mol. The van der Waals surface area contributed by atoms with Crippen molar-refractivity contribution in [1.29, 1.82) is 0 Å². The molecular formula is C13H21N. The van der Waals surface area contributed by atoms with Gasteiger partial charge in [0.1, 0.15) is 0 Å². The molecule has 1 aromatic carbocycles. The van der Waals surface area contributed by atoms with Crippen molar-refractivity contribution >= 4 is 0 Å². The summed E-state index contributed by atoms with van der Waals surface area (Å²) in [5, 5.41) is 0. The number of benzene rings is 1. The molecule has 0 saturated carbocycles. The Hall–Kier alpha value is -0.820. The first-order valence-corrected chi connectivity index (χ1v) is 5.56. The first-order chi connectivity index (χ1) is 6.74. The zero-order chi connectivity index (χ0) is 10.4. The Balaban J connectivity index is 2.69. The second kappa shape index (κ2) is 5.82. The highest BCUT2D eigenvalue weighted by atomic mass is 14.6. The third-order valence-electron chi connectivity index (χ3n) is 2.46. The molecule has 0 aliphatic rings. The lowest BCUT2D eigenvalue weighted by Gasteiger charge is -2.10. The minimum Gasteiger partial charge on any atom is -0.328 e. The summed E-state index contributed by atoms with van der Waals surface area (Å²) in [6, 6.07) is 8.92. The van der Waals surface area contributed by atoms with E-state index in [1.807, 2.05) is 0 Å². The van der Waals surface area contributed by atoms with Crippen molar-refractivity contribution in [2.45, 2.75) is 45.6 Å². The van der Waals surface area contributed by atoms with Crippen molar-refractivity contribution in [3.05, 3.63) is 35.4 Å². The van der Waals surface area contributed by atoms with E-state index in [0.29, 0.717) is 0 Å². The fourth-order valence-corrected chi connectivity index (χ4v) is 1.71. The number of aryl methyl sites for hydroxylation is 1. The standard InChI is InChI=1S/C13H21N/c1-3-4-7-12-8-5-6-9-13(12)10-11(2)14/h5-6,8-9,11H,3-4,7,10,14H2,1-2H3. The van der Waals surface area contributed by atoms with Crippen LogP contribution < -0.4 is 5.73 Å². The maximum absolute atomic E-state index is 5.82. The smallest absolute Gasteiger partial charge is 0.00510 e. The van der Waals surface area contributed by atoms with E-state index in [9.17, 15) is 0 Å². The summed E-state index contributed by atoms with van der Waals surface area (Å²) >= 11 is 0. The lowest BCUT2D eigenvalue weighted by Crippen LogP contribution is -2.18. The lowest BCUT2D eigenvalue weighted by atomic mass is 9.97. The minimum absolute atomic E-state index is 0.262. The summed E-state index contributed by atoms with van der Waals surface area (Å²) in [5.74, 6) is 0. The summed E-state index contributed by atoms with van der Waals surface area (Å²) in [6.07, 6.45) is 4.72. The van der Waals surface area contributed by atoms with E-state index in [-0.39, 0.29) is 6.04 Å². The molecule has 0 spiro atoms. The molecule has 14 heavy (non-hydrogen) atoms. The zero-order valence-electron chi connectivity index (χ0n) is 9.29. The average molecular weight is 191 g/mol.